The largest absolute Gasteiger partial charge is 0.343 e. The number of aromatic nitrogens is 3. The predicted molar refractivity (Wildman–Crippen MR) is 74.8 cm³/mol. The maximum absolute atomic E-state index is 11.7. The molecular formula is C14H16ClN3O. The van der Waals surface area contributed by atoms with Crippen LogP contribution in [-0.4, -0.2) is 26.2 Å². The molecule has 0 N–H and O–H groups in total. The first kappa shape index (κ1) is 13.7. The normalized spacial score (nSPS) is 10.7. The topological polar surface area (TPSA) is 47.8 Å². The molecule has 0 atom stereocenters. The highest BCUT2D eigenvalue weighted by Crippen LogP contribution is 2.17. The molecule has 0 aliphatic heterocycles. The van der Waals surface area contributed by atoms with Crippen molar-refractivity contribution in [2.45, 2.75) is 27.3 Å². The van der Waals surface area contributed by atoms with Crippen LogP contribution in [0.3, 0.4) is 0 Å². The molecule has 2 heterocycles. The van der Waals surface area contributed by atoms with Gasteiger partial charge in [-0.3, -0.25) is 4.79 Å². The van der Waals surface area contributed by atoms with Gasteiger partial charge in [0.15, 0.2) is 5.78 Å². The van der Waals surface area contributed by atoms with Crippen LogP contribution in [0.25, 0.3) is 0 Å². The van der Waals surface area contributed by atoms with Gasteiger partial charge in [0.25, 0.3) is 0 Å². The zero-order valence-electron chi connectivity index (χ0n) is 11.3. The monoisotopic (exact) mass is 277 g/mol. The van der Waals surface area contributed by atoms with Gasteiger partial charge in [-0.15, -0.1) is 11.6 Å². The van der Waals surface area contributed by atoms with E-state index in [1.807, 2.05) is 32.9 Å². The molecule has 2 aromatic rings. The molecule has 0 spiro atoms. The van der Waals surface area contributed by atoms with Crippen molar-refractivity contribution in [3.8, 4) is 0 Å². The van der Waals surface area contributed by atoms with Gasteiger partial charge >= 0.3 is 0 Å². The second kappa shape index (κ2) is 5.53. The summed E-state index contributed by atoms with van der Waals surface area (Å²) in [6.07, 6.45) is 1.75. The van der Waals surface area contributed by atoms with Crippen LogP contribution in [0.1, 0.15) is 33.3 Å². The molecule has 0 unspecified atom stereocenters. The summed E-state index contributed by atoms with van der Waals surface area (Å²) in [6.45, 7) is 6.41. The number of halogens is 1. The number of Topliss-reactive ketones (excluding diaryl/α,β-unsaturated/α-hetero) is 1. The van der Waals surface area contributed by atoms with Gasteiger partial charge in [-0.2, -0.15) is 0 Å². The quantitative estimate of drug-likeness (QED) is 0.638. The summed E-state index contributed by atoms with van der Waals surface area (Å²) in [5, 5.41) is 0. The number of hydrogen-bond acceptors (Lipinski definition) is 3. The average molecular weight is 278 g/mol. The smallest absolute Gasteiger partial charge is 0.179 e. The summed E-state index contributed by atoms with van der Waals surface area (Å²) in [5.41, 5.74) is 3.58. The minimum atomic E-state index is -0.0418. The first-order valence-corrected chi connectivity index (χ1v) is 6.60. The molecule has 0 aliphatic carbocycles. The molecule has 2 aromatic heterocycles. The van der Waals surface area contributed by atoms with Crippen molar-refractivity contribution >= 4 is 17.4 Å². The van der Waals surface area contributed by atoms with Gasteiger partial charge in [0.2, 0.25) is 0 Å². The van der Waals surface area contributed by atoms with E-state index in [-0.39, 0.29) is 11.7 Å². The van der Waals surface area contributed by atoms with Crippen LogP contribution in [0.4, 0.5) is 0 Å². The van der Waals surface area contributed by atoms with E-state index in [0.29, 0.717) is 12.1 Å². The van der Waals surface area contributed by atoms with Crippen molar-refractivity contribution in [2.75, 3.05) is 5.88 Å². The lowest BCUT2D eigenvalue weighted by molar-refractivity contribution is 0.102. The Kier molecular flexibility index (Phi) is 4.00. The molecule has 100 valence electrons. The molecular weight excluding hydrogens is 262 g/mol. The highest BCUT2D eigenvalue weighted by molar-refractivity contribution is 6.30. The van der Waals surface area contributed by atoms with Crippen molar-refractivity contribution in [3.63, 3.8) is 0 Å². The lowest BCUT2D eigenvalue weighted by Gasteiger charge is -2.09. The Hall–Kier alpha value is -1.68. The molecule has 4 nitrogen and oxygen atoms in total. The van der Waals surface area contributed by atoms with Gasteiger partial charge in [0.1, 0.15) is 5.82 Å². The zero-order chi connectivity index (χ0) is 14.0. The maximum Gasteiger partial charge on any atom is 0.179 e. The zero-order valence-corrected chi connectivity index (χ0v) is 12.0. The van der Waals surface area contributed by atoms with E-state index < -0.39 is 0 Å². The number of carbonyl (C=O) groups excluding carboxylic acids is 1. The molecule has 0 amide bonds. The number of alkyl halides is 1. The third-order valence-corrected chi connectivity index (χ3v) is 3.39. The first-order valence-electron chi connectivity index (χ1n) is 6.07. The summed E-state index contributed by atoms with van der Waals surface area (Å²) in [5.74, 6) is 0.716. The van der Waals surface area contributed by atoms with E-state index in [1.165, 1.54) is 0 Å². The molecule has 0 saturated heterocycles. The second-order valence-corrected chi connectivity index (χ2v) is 4.79. The van der Waals surface area contributed by atoms with Crippen LogP contribution in [0.2, 0.25) is 0 Å². The van der Waals surface area contributed by atoms with Crippen LogP contribution in [-0.2, 0) is 6.54 Å². The Labute approximate surface area is 117 Å². The van der Waals surface area contributed by atoms with Crippen molar-refractivity contribution in [1.29, 1.82) is 0 Å². The Bertz CT molecular complexity index is 619. The Morgan fingerprint density at radius 2 is 2.11 bits per heavy atom. The average Bonchev–Trinajstić information content (AvgIpc) is 2.66. The van der Waals surface area contributed by atoms with E-state index in [0.717, 1.165) is 22.9 Å². The van der Waals surface area contributed by atoms with E-state index in [1.54, 1.807) is 6.20 Å². The molecule has 0 bridgehead atoms. The van der Waals surface area contributed by atoms with Crippen molar-refractivity contribution in [1.82, 2.24) is 14.5 Å². The number of nitrogens with zero attached hydrogens (tertiary/aromatic N) is 3. The van der Waals surface area contributed by atoms with Crippen molar-refractivity contribution < 1.29 is 4.79 Å². The van der Waals surface area contributed by atoms with Crippen LogP contribution in [0.5, 0.6) is 0 Å². The van der Waals surface area contributed by atoms with E-state index in [2.05, 4.69) is 14.5 Å². The fraction of sp³-hybridized carbons (Fsp3) is 0.357. The summed E-state index contributed by atoms with van der Waals surface area (Å²) >= 11 is 5.62. The molecule has 19 heavy (non-hydrogen) atoms. The van der Waals surface area contributed by atoms with Gasteiger partial charge in [-0.25, -0.2) is 9.97 Å². The highest BCUT2D eigenvalue weighted by atomic mass is 35.5. The van der Waals surface area contributed by atoms with Crippen molar-refractivity contribution in [3.05, 3.63) is 46.8 Å². The van der Waals surface area contributed by atoms with Crippen LogP contribution < -0.4 is 0 Å². The SMILES string of the molecule is Cc1nccc(Cn2c(C)cc(C(=O)CCl)c2C)n1. The molecule has 0 saturated carbocycles. The Balaban J connectivity index is 2.36. The minimum absolute atomic E-state index is 0.0108. The number of hydrogen-bond donors (Lipinski definition) is 0. The van der Waals surface area contributed by atoms with Gasteiger partial charge in [0.05, 0.1) is 18.1 Å². The van der Waals surface area contributed by atoms with Crippen molar-refractivity contribution in [2.24, 2.45) is 0 Å². The number of aryl methyl sites for hydroxylation is 2. The van der Waals surface area contributed by atoms with E-state index in [9.17, 15) is 4.79 Å². The van der Waals surface area contributed by atoms with Gasteiger partial charge < -0.3 is 4.57 Å². The van der Waals surface area contributed by atoms with E-state index >= 15 is 0 Å². The summed E-state index contributed by atoms with van der Waals surface area (Å²) in [4.78, 5) is 20.2. The lowest BCUT2D eigenvalue weighted by Crippen LogP contribution is -2.08. The minimum Gasteiger partial charge on any atom is -0.343 e. The first-order chi connectivity index (χ1) is 9.02. The Morgan fingerprint density at radius 3 is 2.74 bits per heavy atom. The highest BCUT2D eigenvalue weighted by Gasteiger charge is 2.15. The van der Waals surface area contributed by atoms with Gasteiger partial charge in [-0.1, -0.05) is 0 Å². The molecule has 5 heteroatoms. The molecule has 2 rings (SSSR count). The molecule has 0 aromatic carbocycles. The molecule has 0 radical (unpaired) electrons. The standard InChI is InChI=1S/C14H16ClN3O/c1-9-6-13(14(19)7-15)10(2)18(9)8-12-4-5-16-11(3)17-12/h4-6H,7-8H2,1-3H3. The number of rotatable bonds is 4. The summed E-state index contributed by atoms with van der Waals surface area (Å²) in [7, 11) is 0. The van der Waals surface area contributed by atoms with E-state index in [4.69, 9.17) is 11.6 Å². The summed E-state index contributed by atoms with van der Waals surface area (Å²) < 4.78 is 2.07. The van der Waals surface area contributed by atoms with Crippen LogP contribution in [0.15, 0.2) is 18.3 Å². The number of ketones is 1. The third-order valence-electron chi connectivity index (χ3n) is 3.15. The van der Waals surface area contributed by atoms with Crippen LogP contribution in [0, 0.1) is 20.8 Å². The molecule has 0 fully saturated rings. The lowest BCUT2D eigenvalue weighted by atomic mass is 10.2. The number of carbonyl (C=O) groups is 1. The van der Waals surface area contributed by atoms with Gasteiger partial charge in [0, 0.05) is 23.1 Å². The predicted octanol–water partition coefficient (Wildman–Crippen LogP) is 2.67. The van der Waals surface area contributed by atoms with Crippen LogP contribution >= 0.6 is 11.6 Å². The third kappa shape index (κ3) is 2.84. The summed E-state index contributed by atoms with van der Waals surface area (Å²) in [6, 6.07) is 3.77. The molecule has 0 aliphatic rings. The second-order valence-electron chi connectivity index (χ2n) is 4.52. The maximum atomic E-state index is 11.7. The van der Waals surface area contributed by atoms with Gasteiger partial charge in [-0.05, 0) is 32.9 Å². The fourth-order valence-electron chi connectivity index (χ4n) is 2.15. The fourth-order valence-corrected chi connectivity index (χ4v) is 2.30. The Morgan fingerprint density at radius 1 is 1.37 bits per heavy atom.